The molecular formula is C15H22BrNO. The Morgan fingerprint density at radius 3 is 2.44 bits per heavy atom. The van der Waals surface area contributed by atoms with Crippen LogP contribution in [0.2, 0.25) is 0 Å². The fourth-order valence-electron chi connectivity index (χ4n) is 2.81. The molecule has 0 saturated carbocycles. The summed E-state index contributed by atoms with van der Waals surface area (Å²) in [6, 6.07) is 9.33. The Kier molecular flexibility index (Phi) is 4.82. The average molecular weight is 312 g/mol. The molecule has 1 heterocycles. The van der Waals surface area contributed by atoms with E-state index in [2.05, 4.69) is 66.3 Å². The lowest BCUT2D eigenvalue weighted by Gasteiger charge is -2.34. The maximum absolute atomic E-state index is 5.78. The SMILES string of the molecule is CC1CC(N[C@@H](C)c2ccccc2Br)CC(C)O1. The van der Waals surface area contributed by atoms with Crippen molar-refractivity contribution in [3.05, 3.63) is 34.3 Å². The van der Waals surface area contributed by atoms with Crippen LogP contribution in [0.4, 0.5) is 0 Å². The summed E-state index contributed by atoms with van der Waals surface area (Å²) in [5.41, 5.74) is 1.32. The highest BCUT2D eigenvalue weighted by atomic mass is 79.9. The van der Waals surface area contributed by atoms with Crippen molar-refractivity contribution in [3.8, 4) is 0 Å². The van der Waals surface area contributed by atoms with Crippen LogP contribution in [0.25, 0.3) is 0 Å². The van der Waals surface area contributed by atoms with Gasteiger partial charge in [0.05, 0.1) is 12.2 Å². The van der Waals surface area contributed by atoms with Crippen molar-refractivity contribution >= 4 is 15.9 Å². The maximum atomic E-state index is 5.78. The molecule has 0 spiro atoms. The second-order valence-electron chi connectivity index (χ2n) is 5.34. The summed E-state index contributed by atoms with van der Waals surface area (Å²) < 4.78 is 6.96. The van der Waals surface area contributed by atoms with E-state index in [9.17, 15) is 0 Å². The van der Waals surface area contributed by atoms with E-state index < -0.39 is 0 Å². The predicted molar refractivity (Wildman–Crippen MR) is 78.7 cm³/mol. The molecule has 0 aliphatic carbocycles. The molecule has 1 aliphatic rings. The first-order valence-electron chi connectivity index (χ1n) is 6.72. The first-order chi connectivity index (χ1) is 8.56. The molecule has 2 nitrogen and oxygen atoms in total. The molecular weight excluding hydrogens is 290 g/mol. The Morgan fingerprint density at radius 2 is 1.83 bits per heavy atom. The molecule has 3 atom stereocenters. The molecule has 0 radical (unpaired) electrons. The van der Waals surface area contributed by atoms with E-state index in [1.165, 1.54) is 10.0 Å². The molecule has 1 aliphatic heterocycles. The van der Waals surface area contributed by atoms with Crippen LogP contribution in [0.1, 0.15) is 45.2 Å². The van der Waals surface area contributed by atoms with Crippen LogP contribution in [0.3, 0.4) is 0 Å². The summed E-state index contributed by atoms with van der Waals surface area (Å²) in [6.07, 6.45) is 2.91. The summed E-state index contributed by atoms with van der Waals surface area (Å²) in [6.45, 7) is 6.55. The third kappa shape index (κ3) is 3.56. The fourth-order valence-corrected chi connectivity index (χ4v) is 3.44. The molecule has 3 heteroatoms. The number of ether oxygens (including phenoxy) is 1. The van der Waals surface area contributed by atoms with Gasteiger partial charge in [-0.3, -0.25) is 0 Å². The van der Waals surface area contributed by atoms with Gasteiger partial charge in [-0.1, -0.05) is 34.1 Å². The molecule has 1 N–H and O–H groups in total. The van der Waals surface area contributed by atoms with Gasteiger partial charge in [0.2, 0.25) is 0 Å². The molecule has 2 rings (SSSR count). The number of hydrogen-bond donors (Lipinski definition) is 1. The number of benzene rings is 1. The van der Waals surface area contributed by atoms with Crippen molar-refractivity contribution in [2.75, 3.05) is 0 Å². The van der Waals surface area contributed by atoms with E-state index in [1.54, 1.807) is 0 Å². The molecule has 1 aromatic rings. The minimum atomic E-state index is 0.359. The largest absolute Gasteiger partial charge is 0.375 e. The molecule has 1 saturated heterocycles. The van der Waals surface area contributed by atoms with Gasteiger partial charge in [0.25, 0.3) is 0 Å². The van der Waals surface area contributed by atoms with Crippen molar-refractivity contribution in [3.63, 3.8) is 0 Å². The fraction of sp³-hybridized carbons (Fsp3) is 0.600. The maximum Gasteiger partial charge on any atom is 0.0565 e. The molecule has 0 aromatic heterocycles. The monoisotopic (exact) mass is 311 g/mol. The van der Waals surface area contributed by atoms with Crippen LogP contribution in [0, 0.1) is 0 Å². The second kappa shape index (κ2) is 6.18. The Morgan fingerprint density at radius 1 is 1.22 bits per heavy atom. The van der Waals surface area contributed by atoms with Crippen LogP contribution in [-0.4, -0.2) is 18.2 Å². The lowest BCUT2D eigenvalue weighted by molar-refractivity contribution is -0.0433. The second-order valence-corrected chi connectivity index (χ2v) is 6.19. The summed E-state index contributed by atoms with van der Waals surface area (Å²) in [5, 5.41) is 3.73. The minimum absolute atomic E-state index is 0.359. The molecule has 2 unspecified atom stereocenters. The minimum Gasteiger partial charge on any atom is -0.375 e. The summed E-state index contributed by atoms with van der Waals surface area (Å²) in [5.74, 6) is 0. The number of hydrogen-bond acceptors (Lipinski definition) is 2. The third-order valence-corrected chi connectivity index (χ3v) is 4.28. The van der Waals surface area contributed by atoms with Gasteiger partial charge in [0.1, 0.15) is 0 Å². The van der Waals surface area contributed by atoms with Crippen molar-refractivity contribution < 1.29 is 4.74 Å². The zero-order valence-corrected chi connectivity index (χ0v) is 12.9. The van der Waals surface area contributed by atoms with Gasteiger partial charge >= 0.3 is 0 Å². The van der Waals surface area contributed by atoms with Crippen LogP contribution in [0.15, 0.2) is 28.7 Å². The quantitative estimate of drug-likeness (QED) is 0.909. The zero-order valence-electron chi connectivity index (χ0n) is 11.3. The van der Waals surface area contributed by atoms with Gasteiger partial charge in [-0.05, 0) is 45.2 Å². The highest BCUT2D eigenvalue weighted by molar-refractivity contribution is 9.10. The van der Waals surface area contributed by atoms with Crippen LogP contribution >= 0.6 is 15.9 Å². The van der Waals surface area contributed by atoms with Gasteiger partial charge in [-0.2, -0.15) is 0 Å². The Balaban J connectivity index is 1.99. The third-order valence-electron chi connectivity index (χ3n) is 3.55. The highest BCUT2D eigenvalue weighted by Crippen LogP contribution is 2.26. The van der Waals surface area contributed by atoms with Crippen LogP contribution in [0.5, 0.6) is 0 Å². The van der Waals surface area contributed by atoms with E-state index in [1.807, 2.05) is 0 Å². The zero-order chi connectivity index (χ0) is 13.1. The van der Waals surface area contributed by atoms with E-state index in [0.29, 0.717) is 24.3 Å². The molecule has 0 amide bonds. The highest BCUT2D eigenvalue weighted by Gasteiger charge is 2.25. The van der Waals surface area contributed by atoms with Crippen molar-refractivity contribution in [1.29, 1.82) is 0 Å². The normalized spacial score (nSPS) is 30.1. The number of halogens is 1. The van der Waals surface area contributed by atoms with E-state index in [0.717, 1.165) is 12.8 Å². The lowest BCUT2D eigenvalue weighted by atomic mass is 9.98. The first kappa shape index (κ1) is 14.0. The van der Waals surface area contributed by atoms with Crippen LogP contribution in [-0.2, 0) is 4.74 Å². The van der Waals surface area contributed by atoms with Crippen molar-refractivity contribution in [2.24, 2.45) is 0 Å². The standard InChI is InChI=1S/C15H22BrNO/c1-10-8-13(9-11(2)18-10)17-12(3)14-6-4-5-7-15(14)16/h4-7,10-13,17H,8-9H2,1-3H3/t10?,11?,12-,13?/m0/s1. The summed E-state index contributed by atoms with van der Waals surface area (Å²) in [7, 11) is 0. The van der Waals surface area contributed by atoms with Crippen molar-refractivity contribution in [1.82, 2.24) is 5.32 Å². The first-order valence-corrected chi connectivity index (χ1v) is 7.51. The number of rotatable bonds is 3. The molecule has 18 heavy (non-hydrogen) atoms. The summed E-state index contributed by atoms with van der Waals surface area (Å²) in [4.78, 5) is 0. The van der Waals surface area contributed by atoms with E-state index in [4.69, 9.17) is 4.74 Å². The van der Waals surface area contributed by atoms with Gasteiger partial charge in [-0.15, -0.1) is 0 Å². The average Bonchev–Trinajstić information content (AvgIpc) is 2.27. The number of nitrogens with one attached hydrogen (secondary N) is 1. The molecule has 1 fully saturated rings. The molecule has 0 bridgehead atoms. The van der Waals surface area contributed by atoms with E-state index in [-0.39, 0.29) is 0 Å². The predicted octanol–water partition coefficient (Wildman–Crippen LogP) is 4.06. The lowest BCUT2D eigenvalue weighted by Crippen LogP contribution is -2.42. The van der Waals surface area contributed by atoms with Crippen LogP contribution < -0.4 is 5.32 Å². The van der Waals surface area contributed by atoms with Crippen molar-refractivity contribution in [2.45, 2.75) is 57.9 Å². The van der Waals surface area contributed by atoms with Gasteiger partial charge in [-0.25, -0.2) is 0 Å². The topological polar surface area (TPSA) is 21.3 Å². The van der Waals surface area contributed by atoms with Gasteiger partial charge in [0.15, 0.2) is 0 Å². The molecule has 1 aromatic carbocycles. The summed E-state index contributed by atoms with van der Waals surface area (Å²) >= 11 is 3.62. The Bertz CT molecular complexity index is 386. The van der Waals surface area contributed by atoms with Gasteiger partial charge in [0, 0.05) is 16.6 Å². The van der Waals surface area contributed by atoms with E-state index >= 15 is 0 Å². The molecule has 100 valence electrons. The smallest absolute Gasteiger partial charge is 0.0565 e. The Labute approximate surface area is 118 Å². The van der Waals surface area contributed by atoms with Gasteiger partial charge < -0.3 is 10.1 Å². The Hall–Kier alpha value is -0.380.